The molecule has 0 atom stereocenters. The number of aryl methyl sites for hydroxylation is 2. The maximum absolute atomic E-state index is 13.3. The van der Waals surface area contributed by atoms with Crippen LogP contribution in [0.4, 0.5) is 11.6 Å². The summed E-state index contributed by atoms with van der Waals surface area (Å²) >= 11 is 5.59. The number of carbonyl (C=O) groups excluding carboxylic acids is 2. The molecule has 15 heteroatoms. The van der Waals surface area contributed by atoms with Crippen molar-refractivity contribution in [3.05, 3.63) is 35.7 Å². The molecular weight excluding hydrogens is 884 g/mol. The highest BCUT2D eigenvalue weighted by Gasteiger charge is 2.27. The van der Waals surface area contributed by atoms with Gasteiger partial charge in [-0.15, -0.1) is 11.6 Å². The van der Waals surface area contributed by atoms with E-state index in [1.807, 2.05) is 20.2 Å². The van der Waals surface area contributed by atoms with Crippen molar-refractivity contribution in [1.82, 2.24) is 49.5 Å². The van der Waals surface area contributed by atoms with Gasteiger partial charge in [0.05, 0.1) is 10.8 Å². The molecule has 14 nitrogen and oxygen atoms in total. The summed E-state index contributed by atoms with van der Waals surface area (Å²) in [6.45, 7) is 17.1. The number of carbonyl (C=O) groups is 2. The first kappa shape index (κ1) is 51.7. The van der Waals surface area contributed by atoms with Gasteiger partial charge in [0.25, 0.3) is 0 Å². The fraction of sp³-hybridized carbons (Fsp3) is 0.741. The first-order valence-electron chi connectivity index (χ1n) is 27.5. The van der Waals surface area contributed by atoms with E-state index in [-0.39, 0.29) is 11.6 Å². The Bertz CT molecular complexity index is 2180. The van der Waals surface area contributed by atoms with Gasteiger partial charge in [-0.05, 0) is 166 Å². The first-order valence-corrected chi connectivity index (χ1v) is 28.0. The van der Waals surface area contributed by atoms with Gasteiger partial charge >= 0.3 is 0 Å². The SMILES string of the molecule is ClCCN1CCCCC1.Cn1nc(C(=O)CC2CCN(CCN3CCCCC3)CC2)c2ccc(N3CCCCCC3)nc21.Cn1nc(C(=O)CC2CCNCC2)c2ccc(N3CCCCCC3)nc21. The Morgan fingerprint density at radius 1 is 0.507 bits per heavy atom. The smallest absolute Gasteiger partial charge is 0.184 e. The molecule has 10 heterocycles. The minimum Gasteiger partial charge on any atom is -0.357 e. The van der Waals surface area contributed by atoms with Gasteiger partial charge in [-0.3, -0.25) is 9.59 Å². The number of rotatable bonds is 13. The van der Waals surface area contributed by atoms with E-state index in [2.05, 4.69) is 58.2 Å². The Morgan fingerprint density at radius 3 is 1.32 bits per heavy atom. The molecule has 0 saturated carbocycles. The summed E-state index contributed by atoms with van der Waals surface area (Å²) in [5.41, 5.74) is 2.86. The van der Waals surface area contributed by atoms with E-state index in [4.69, 9.17) is 21.6 Å². The van der Waals surface area contributed by atoms with Crippen LogP contribution >= 0.6 is 11.6 Å². The molecule has 0 unspecified atom stereocenters. The summed E-state index contributed by atoms with van der Waals surface area (Å²) in [6, 6.07) is 8.28. The number of fused-ring (bicyclic) bond motifs is 2. The third-order valence-electron chi connectivity index (χ3n) is 15.9. The molecule has 10 rings (SSSR count). The fourth-order valence-corrected chi connectivity index (χ4v) is 11.8. The van der Waals surface area contributed by atoms with Gasteiger partial charge < -0.3 is 29.8 Å². The molecule has 0 bridgehead atoms. The monoisotopic (exact) mass is 969 g/mol. The number of hydrogen-bond donors (Lipinski definition) is 1. The average Bonchev–Trinajstić information content (AvgIpc) is 3.59. The van der Waals surface area contributed by atoms with Crippen LogP contribution in [0.25, 0.3) is 22.1 Å². The molecule has 0 amide bonds. The number of piperidine rings is 4. The second-order valence-corrected chi connectivity index (χ2v) is 21.4. The van der Waals surface area contributed by atoms with Crippen molar-refractivity contribution in [1.29, 1.82) is 0 Å². The number of nitrogens with one attached hydrogen (secondary N) is 1. The van der Waals surface area contributed by atoms with Crippen LogP contribution < -0.4 is 15.1 Å². The predicted molar refractivity (Wildman–Crippen MR) is 282 cm³/mol. The Labute approximate surface area is 418 Å². The first-order chi connectivity index (χ1) is 33.8. The zero-order valence-electron chi connectivity index (χ0n) is 42.5. The highest BCUT2D eigenvalue weighted by atomic mass is 35.5. The molecular formula is C54H85ClN12O2. The van der Waals surface area contributed by atoms with E-state index in [1.54, 1.807) is 9.36 Å². The summed E-state index contributed by atoms with van der Waals surface area (Å²) in [4.78, 5) is 48.3. The molecule has 4 aromatic heterocycles. The normalized spacial score (nSPS) is 21.0. The summed E-state index contributed by atoms with van der Waals surface area (Å²) < 4.78 is 3.57. The van der Waals surface area contributed by atoms with Crippen molar-refractivity contribution < 1.29 is 9.59 Å². The second kappa shape index (κ2) is 26.7. The number of nitrogens with zero attached hydrogens (tertiary/aromatic N) is 11. The van der Waals surface area contributed by atoms with E-state index in [1.165, 1.54) is 129 Å². The standard InChI is InChI=1S/C27H42N6O.C20H29N5O.C7H14ClN/c1-30-27-23(9-10-25(28-27)33-15-7-2-3-8-16-33)26(29-30)24(34)21-22-11-17-32(18-12-22)20-19-31-13-5-4-6-14-31;1-24-20-16(6-7-18(22-20)25-12-4-2-3-5-13-25)19(23-24)17(26)14-15-8-10-21-11-9-15;8-4-7-9-5-2-1-3-6-9/h9-10,22H,2-8,11-21H2,1H3;6-7,15,21H,2-5,8-14H2,1H3;1-7H2. The largest absolute Gasteiger partial charge is 0.357 e. The number of pyridine rings is 2. The Hall–Kier alpha value is -3.69. The van der Waals surface area contributed by atoms with Crippen molar-refractivity contribution in [2.24, 2.45) is 25.9 Å². The molecule has 0 aliphatic carbocycles. The van der Waals surface area contributed by atoms with Crippen LogP contribution in [0.15, 0.2) is 24.3 Å². The number of aromatic nitrogens is 6. The Morgan fingerprint density at radius 2 is 0.884 bits per heavy atom. The average molecular weight is 970 g/mol. The highest BCUT2D eigenvalue weighted by molar-refractivity contribution is 6.18. The van der Waals surface area contributed by atoms with Crippen LogP contribution in [0, 0.1) is 11.8 Å². The number of alkyl halides is 1. The third-order valence-corrected chi connectivity index (χ3v) is 16.0. The molecule has 4 aromatic rings. The summed E-state index contributed by atoms with van der Waals surface area (Å²) in [6.07, 6.45) is 24.0. The number of Topliss-reactive ketones (excluding diaryl/α,β-unsaturated/α-hetero) is 2. The van der Waals surface area contributed by atoms with Crippen LogP contribution in [-0.4, -0.2) is 160 Å². The lowest BCUT2D eigenvalue weighted by molar-refractivity contribution is 0.0913. The number of halogens is 1. The number of ketones is 2. The quantitative estimate of drug-likeness (QED) is 0.102. The molecule has 6 aliphatic rings. The van der Waals surface area contributed by atoms with Gasteiger partial charge in [0.15, 0.2) is 22.9 Å². The van der Waals surface area contributed by atoms with Gasteiger partial charge in [-0.2, -0.15) is 10.2 Å². The molecule has 6 aliphatic heterocycles. The van der Waals surface area contributed by atoms with Crippen molar-refractivity contribution in [2.45, 2.75) is 128 Å². The predicted octanol–water partition coefficient (Wildman–Crippen LogP) is 8.75. The zero-order chi connectivity index (χ0) is 47.8. The molecule has 0 spiro atoms. The lowest BCUT2D eigenvalue weighted by Gasteiger charge is -2.34. The van der Waals surface area contributed by atoms with Crippen molar-refractivity contribution in [2.75, 3.05) is 114 Å². The fourth-order valence-electron chi connectivity index (χ4n) is 11.6. The molecule has 6 saturated heterocycles. The van der Waals surface area contributed by atoms with Crippen molar-refractivity contribution in [3.8, 4) is 0 Å². The van der Waals surface area contributed by atoms with Crippen LogP contribution in [0.3, 0.4) is 0 Å². The molecule has 0 aromatic carbocycles. The maximum atomic E-state index is 13.3. The lowest BCUT2D eigenvalue weighted by Crippen LogP contribution is -2.41. The van der Waals surface area contributed by atoms with Gasteiger partial charge in [0, 0.05) is 78.6 Å². The van der Waals surface area contributed by atoms with Crippen LogP contribution in [0.1, 0.15) is 149 Å². The number of likely N-dealkylation sites (tertiary alicyclic amines) is 3. The van der Waals surface area contributed by atoms with Gasteiger partial charge in [0.2, 0.25) is 0 Å². The lowest BCUT2D eigenvalue weighted by atomic mass is 9.90. The van der Waals surface area contributed by atoms with E-state index >= 15 is 0 Å². The van der Waals surface area contributed by atoms with Crippen LogP contribution in [0.5, 0.6) is 0 Å². The summed E-state index contributed by atoms with van der Waals surface area (Å²) in [7, 11) is 3.81. The van der Waals surface area contributed by atoms with Crippen molar-refractivity contribution in [3.63, 3.8) is 0 Å². The maximum Gasteiger partial charge on any atom is 0.184 e. The van der Waals surface area contributed by atoms with E-state index in [0.717, 1.165) is 124 Å². The molecule has 69 heavy (non-hydrogen) atoms. The van der Waals surface area contributed by atoms with E-state index in [0.29, 0.717) is 36.1 Å². The van der Waals surface area contributed by atoms with E-state index < -0.39 is 0 Å². The number of hydrogen-bond acceptors (Lipinski definition) is 12. The van der Waals surface area contributed by atoms with Crippen LogP contribution in [-0.2, 0) is 14.1 Å². The zero-order valence-corrected chi connectivity index (χ0v) is 43.3. The molecule has 0 radical (unpaired) electrons. The minimum absolute atomic E-state index is 0.159. The van der Waals surface area contributed by atoms with E-state index in [9.17, 15) is 9.59 Å². The minimum atomic E-state index is 0.159. The second-order valence-electron chi connectivity index (χ2n) is 21.1. The van der Waals surface area contributed by atoms with Crippen molar-refractivity contribution >= 4 is 56.9 Å². The van der Waals surface area contributed by atoms with Gasteiger partial charge in [0.1, 0.15) is 23.0 Å². The third kappa shape index (κ3) is 14.7. The van der Waals surface area contributed by atoms with Gasteiger partial charge in [-0.25, -0.2) is 19.3 Å². The summed E-state index contributed by atoms with van der Waals surface area (Å²) in [5.74, 6) is 4.12. The molecule has 380 valence electrons. The van der Waals surface area contributed by atoms with Gasteiger partial charge in [-0.1, -0.05) is 38.5 Å². The highest BCUT2D eigenvalue weighted by Crippen LogP contribution is 2.29. The molecule has 6 fully saturated rings. The Kier molecular flexibility index (Phi) is 20.0. The Balaban J connectivity index is 0.000000161. The summed E-state index contributed by atoms with van der Waals surface area (Å²) in [5, 5.41) is 14.3. The van der Waals surface area contributed by atoms with Crippen LogP contribution in [0.2, 0.25) is 0 Å². The molecule has 1 N–H and O–H groups in total. The number of anilines is 2. The topological polar surface area (TPSA) is 124 Å².